The zero-order chi connectivity index (χ0) is 19.6. The Kier molecular flexibility index (Phi) is 5.95. The van der Waals surface area contributed by atoms with Crippen LogP contribution in [0.2, 0.25) is 0 Å². The number of hydrogen-bond acceptors (Lipinski definition) is 4. The van der Waals surface area contributed by atoms with Gasteiger partial charge in [0.15, 0.2) is 5.69 Å². The second kappa shape index (κ2) is 8.21. The minimum atomic E-state index is -0.224. The molecule has 1 aromatic heterocycles. The van der Waals surface area contributed by atoms with Crippen LogP contribution in [0, 0.1) is 11.8 Å². The predicted octanol–water partition coefficient (Wildman–Crippen LogP) is 2.42. The molecule has 0 aliphatic carbocycles. The highest BCUT2D eigenvalue weighted by Gasteiger charge is 2.26. The summed E-state index contributed by atoms with van der Waals surface area (Å²) in [7, 11) is 1.58. The van der Waals surface area contributed by atoms with Gasteiger partial charge in [-0.2, -0.15) is 5.10 Å². The number of aryl methyl sites for hydroxylation is 1. The molecule has 1 atom stereocenters. The Morgan fingerprint density at radius 1 is 1.22 bits per heavy atom. The smallest absolute Gasteiger partial charge is 0.274 e. The van der Waals surface area contributed by atoms with Crippen LogP contribution in [0.1, 0.15) is 44.1 Å². The fourth-order valence-electron chi connectivity index (χ4n) is 3.90. The number of fused-ring (bicyclic) bond motifs is 1. The average molecular weight is 370 g/mol. The number of carbonyl (C=O) groups is 1. The first-order chi connectivity index (χ1) is 12.9. The average Bonchev–Trinajstić information content (AvgIpc) is 2.66. The molecule has 2 aromatic rings. The van der Waals surface area contributed by atoms with E-state index in [0.29, 0.717) is 35.0 Å². The molecule has 6 heteroatoms. The van der Waals surface area contributed by atoms with Gasteiger partial charge < -0.3 is 5.32 Å². The summed E-state index contributed by atoms with van der Waals surface area (Å²) >= 11 is 0. The fraction of sp³-hybridized carbons (Fsp3) is 0.571. The van der Waals surface area contributed by atoms with Crippen LogP contribution in [0.25, 0.3) is 10.8 Å². The van der Waals surface area contributed by atoms with Crippen molar-refractivity contribution in [3.8, 4) is 0 Å². The molecular formula is C21H30N4O2. The molecule has 146 valence electrons. The highest BCUT2D eigenvalue weighted by atomic mass is 16.2. The molecule has 1 saturated heterocycles. The molecule has 1 aliphatic rings. The maximum Gasteiger partial charge on any atom is 0.274 e. The van der Waals surface area contributed by atoms with Gasteiger partial charge in [0.1, 0.15) is 0 Å². The zero-order valence-electron chi connectivity index (χ0n) is 16.7. The van der Waals surface area contributed by atoms with E-state index in [1.54, 1.807) is 25.2 Å². The topological polar surface area (TPSA) is 67.2 Å². The molecule has 1 amide bonds. The van der Waals surface area contributed by atoms with Crippen molar-refractivity contribution in [1.29, 1.82) is 0 Å². The number of amides is 1. The van der Waals surface area contributed by atoms with Gasteiger partial charge in [-0.1, -0.05) is 39.0 Å². The van der Waals surface area contributed by atoms with Gasteiger partial charge in [-0.15, -0.1) is 0 Å². The van der Waals surface area contributed by atoms with Crippen molar-refractivity contribution < 1.29 is 4.79 Å². The molecule has 0 saturated carbocycles. The lowest BCUT2D eigenvalue weighted by Gasteiger charge is -2.38. The van der Waals surface area contributed by atoms with Crippen LogP contribution in [0.15, 0.2) is 29.1 Å². The second-order valence-corrected chi connectivity index (χ2v) is 8.06. The third-order valence-electron chi connectivity index (χ3n) is 5.70. The van der Waals surface area contributed by atoms with Crippen molar-refractivity contribution in [2.75, 3.05) is 19.6 Å². The molecule has 1 aliphatic heterocycles. The van der Waals surface area contributed by atoms with E-state index < -0.39 is 0 Å². The summed E-state index contributed by atoms with van der Waals surface area (Å²) in [6.07, 6.45) is 2.42. The van der Waals surface area contributed by atoms with Crippen molar-refractivity contribution >= 4 is 16.7 Å². The first kappa shape index (κ1) is 19.5. The molecule has 2 heterocycles. The summed E-state index contributed by atoms with van der Waals surface area (Å²) in [6.45, 7) is 9.47. The van der Waals surface area contributed by atoms with Crippen molar-refractivity contribution in [2.45, 2.75) is 39.7 Å². The first-order valence-electron chi connectivity index (χ1n) is 9.86. The predicted molar refractivity (Wildman–Crippen MR) is 108 cm³/mol. The molecule has 1 aromatic carbocycles. The van der Waals surface area contributed by atoms with Gasteiger partial charge in [-0.25, -0.2) is 4.68 Å². The van der Waals surface area contributed by atoms with Crippen LogP contribution in [-0.4, -0.2) is 46.3 Å². The van der Waals surface area contributed by atoms with E-state index in [4.69, 9.17) is 0 Å². The molecule has 0 bridgehead atoms. The lowest BCUT2D eigenvalue weighted by molar-refractivity contribution is 0.0859. The van der Waals surface area contributed by atoms with E-state index in [0.717, 1.165) is 19.0 Å². The minimum absolute atomic E-state index is 0.190. The number of hydrogen-bond donors (Lipinski definition) is 1. The molecule has 6 nitrogen and oxygen atoms in total. The first-order valence-corrected chi connectivity index (χ1v) is 9.86. The highest BCUT2D eigenvalue weighted by Crippen LogP contribution is 2.21. The van der Waals surface area contributed by atoms with Gasteiger partial charge in [0.25, 0.3) is 11.5 Å². The maximum atomic E-state index is 12.9. The number of benzene rings is 1. The quantitative estimate of drug-likeness (QED) is 0.878. The van der Waals surface area contributed by atoms with Crippen LogP contribution in [0.4, 0.5) is 0 Å². The Morgan fingerprint density at radius 2 is 1.85 bits per heavy atom. The molecule has 3 rings (SSSR count). The van der Waals surface area contributed by atoms with Crippen LogP contribution >= 0.6 is 0 Å². The Morgan fingerprint density at radius 3 is 2.48 bits per heavy atom. The molecule has 1 fully saturated rings. The molecule has 0 radical (unpaired) electrons. The van der Waals surface area contributed by atoms with Gasteiger partial charge in [0, 0.05) is 25.0 Å². The summed E-state index contributed by atoms with van der Waals surface area (Å²) in [5, 5.41) is 8.42. The molecular weight excluding hydrogens is 340 g/mol. The van der Waals surface area contributed by atoms with Gasteiger partial charge in [0.05, 0.1) is 5.39 Å². The van der Waals surface area contributed by atoms with Gasteiger partial charge in [-0.05, 0) is 43.8 Å². The van der Waals surface area contributed by atoms with E-state index in [1.807, 2.05) is 6.07 Å². The van der Waals surface area contributed by atoms with Crippen LogP contribution in [0.5, 0.6) is 0 Å². The number of nitrogens with one attached hydrogen (secondary N) is 1. The second-order valence-electron chi connectivity index (χ2n) is 8.06. The normalized spacial score (nSPS) is 17.4. The fourth-order valence-corrected chi connectivity index (χ4v) is 3.90. The Hall–Kier alpha value is -2.21. The maximum absolute atomic E-state index is 12.9. The van der Waals surface area contributed by atoms with E-state index in [1.165, 1.54) is 17.5 Å². The van der Waals surface area contributed by atoms with Crippen LogP contribution in [0.3, 0.4) is 0 Å². The van der Waals surface area contributed by atoms with E-state index in [2.05, 4.69) is 36.1 Å². The Balaban J connectivity index is 1.78. The molecule has 1 N–H and O–H groups in total. The van der Waals surface area contributed by atoms with Crippen LogP contribution in [-0.2, 0) is 7.05 Å². The molecule has 0 spiro atoms. The summed E-state index contributed by atoms with van der Waals surface area (Å²) < 4.78 is 1.24. The van der Waals surface area contributed by atoms with E-state index in [9.17, 15) is 9.59 Å². The highest BCUT2D eigenvalue weighted by molar-refractivity contribution is 6.04. The number of likely N-dealkylation sites (tertiary alicyclic amines) is 1. The third-order valence-corrected chi connectivity index (χ3v) is 5.70. The lowest BCUT2D eigenvalue weighted by Crippen LogP contribution is -2.49. The standard InChI is InChI=1S/C21H30N4O2/c1-14(2)18(25-11-9-15(3)10-12-25)13-22-20(26)19-16-7-5-6-8-17(16)21(27)24(4)23-19/h5-8,14-15,18H,9-13H2,1-4H3,(H,22,26). The van der Waals surface area contributed by atoms with E-state index >= 15 is 0 Å². The van der Waals surface area contributed by atoms with Gasteiger partial charge in [-0.3, -0.25) is 14.5 Å². The van der Waals surface area contributed by atoms with Crippen LogP contribution < -0.4 is 10.9 Å². The zero-order valence-corrected chi connectivity index (χ0v) is 16.7. The van der Waals surface area contributed by atoms with E-state index in [-0.39, 0.29) is 11.5 Å². The monoisotopic (exact) mass is 370 g/mol. The van der Waals surface area contributed by atoms with Crippen molar-refractivity contribution in [3.63, 3.8) is 0 Å². The summed E-state index contributed by atoms with van der Waals surface area (Å²) in [5.74, 6) is 1.01. The summed E-state index contributed by atoms with van der Waals surface area (Å²) in [6, 6.07) is 7.45. The molecule has 27 heavy (non-hydrogen) atoms. The third kappa shape index (κ3) is 4.21. The number of piperidine rings is 1. The minimum Gasteiger partial charge on any atom is -0.349 e. The lowest BCUT2D eigenvalue weighted by atomic mass is 9.94. The van der Waals surface area contributed by atoms with Crippen molar-refractivity contribution in [3.05, 3.63) is 40.3 Å². The largest absolute Gasteiger partial charge is 0.349 e. The number of nitrogens with zero attached hydrogens (tertiary/aromatic N) is 3. The summed E-state index contributed by atoms with van der Waals surface area (Å²) in [4.78, 5) is 27.6. The Bertz CT molecular complexity index is 866. The van der Waals surface area contributed by atoms with Gasteiger partial charge in [0.2, 0.25) is 0 Å². The number of aromatic nitrogens is 2. The Labute approximate surface area is 160 Å². The SMILES string of the molecule is CC1CCN(C(CNC(=O)c2nn(C)c(=O)c3ccccc23)C(C)C)CC1. The van der Waals surface area contributed by atoms with Gasteiger partial charge >= 0.3 is 0 Å². The number of rotatable bonds is 5. The number of carbonyl (C=O) groups excluding carboxylic acids is 1. The van der Waals surface area contributed by atoms with Crippen molar-refractivity contribution in [1.82, 2.24) is 20.0 Å². The summed E-state index contributed by atoms with van der Waals surface area (Å²) in [5.41, 5.74) is 0.118. The molecule has 1 unspecified atom stereocenters. The van der Waals surface area contributed by atoms with Crippen molar-refractivity contribution in [2.24, 2.45) is 18.9 Å².